The van der Waals surface area contributed by atoms with Gasteiger partial charge in [0.05, 0.1) is 6.33 Å². The zero-order valence-corrected chi connectivity index (χ0v) is 22.3. The van der Waals surface area contributed by atoms with Gasteiger partial charge < -0.3 is 14.4 Å². The Morgan fingerprint density at radius 3 is 2.11 bits per heavy atom. The van der Waals surface area contributed by atoms with Crippen LogP contribution in [-0.2, 0) is 17.8 Å². The molecule has 0 aliphatic rings. The van der Waals surface area contributed by atoms with Crippen molar-refractivity contribution in [1.82, 2.24) is 19.4 Å². The van der Waals surface area contributed by atoms with E-state index in [4.69, 9.17) is 0 Å². The van der Waals surface area contributed by atoms with Crippen LogP contribution in [0.5, 0.6) is 0 Å². The van der Waals surface area contributed by atoms with Crippen LogP contribution in [0.1, 0.15) is 40.3 Å². The largest absolute Gasteiger partial charge is 0.345 e. The van der Waals surface area contributed by atoms with Crippen LogP contribution in [0.4, 0.5) is 0 Å². The summed E-state index contributed by atoms with van der Waals surface area (Å²) in [5, 5.41) is 0. The Bertz CT molecular complexity index is 1200. The van der Waals surface area contributed by atoms with Gasteiger partial charge in [-0.1, -0.05) is 90.5 Å². The molecule has 5 nitrogen and oxygen atoms in total. The number of rotatable bonds is 12. The highest BCUT2D eigenvalue weighted by molar-refractivity contribution is 5.76. The molecular weight excluding hydrogens is 456 g/mol. The SMILES string of the molecule is Cc1ccc(Cn2cncc2CCN(C)C(=O)CCN(C)CC(c2ccccc2)c2ccccc2)cc1. The maximum atomic E-state index is 12.9. The van der Waals surface area contributed by atoms with Crippen LogP contribution < -0.4 is 0 Å². The third-order valence-electron chi connectivity index (χ3n) is 7.01. The van der Waals surface area contributed by atoms with Crippen molar-refractivity contribution in [2.75, 3.05) is 33.7 Å². The number of carbonyl (C=O) groups excluding carboxylic acids is 1. The molecule has 0 radical (unpaired) electrons. The normalized spacial score (nSPS) is 11.3. The number of hydrogen-bond donors (Lipinski definition) is 0. The Balaban J connectivity index is 1.27. The highest BCUT2D eigenvalue weighted by atomic mass is 16.2. The molecule has 5 heteroatoms. The molecule has 3 aromatic carbocycles. The summed E-state index contributed by atoms with van der Waals surface area (Å²) in [4.78, 5) is 21.4. The Labute approximate surface area is 221 Å². The minimum atomic E-state index is 0.174. The molecule has 37 heavy (non-hydrogen) atoms. The van der Waals surface area contributed by atoms with Gasteiger partial charge >= 0.3 is 0 Å². The Kier molecular flexibility index (Phi) is 9.28. The summed E-state index contributed by atoms with van der Waals surface area (Å²) < 4.78 is 2.17. The van der Waals surface area contributed by atoms with Crippen molar-refractivity contribution in [3.63, 3.8) is 0 Å². The second-order valence-electron chi connectivity index (χ2n) is 9.95. The number of hydrogen-bond acceptors (Lipinski definition) is 3. The van der Waals surface area contributed by atoms with Gasteiger partial charge in [-0.2, -0.15) is 0 Å². The minimum Gasteiger partial charge on any atom is -0.345 e. The van der Waals surface area contributed by atoms with Gasteiger partial charge in [0.2, 0.25) is 5.91 Å². The van der Waals surface area contributed by atoms with Gasteiger partial charge in [-0.15, -0.1) is 0 Å². The Morgan fingerprint density at radius 1 is 0.865 bits per heavy atom. The lowest BCUT2D eigenvalue weighted by atomic mass is 9.91. The van der Waals surface area contributed by atoms with E-state index >= 15 is 0 Å². The molecule has 1 aromatic heterocycles. The highest BCUT2D eigenvalue weighted by Gasteiger charge is 2.18. The minimum absolute atomic E-state index is 0.174. The Morgan fingerprint density at radius 2 is 1.49 bits per heavy atom. The molecular formula is C32H38N4O. The van der Waals surface area contributed by atoms with Gasteiger partial charge in [0.25, 0.3) is 0 Å². The fourth-order valence-electron chi connectivity index (χ4n) is 4.65. The van der Waals surface area contributed by atoms with Crippen molar-refractivity contribution < 1.29 is 4.79 Å². The lowest BCUT2D eigenvalue weighted by Gasteiger charge is -2.26. The molecule has 1 amide bonds. The van der Waals surface area contributed by atoms with Gasteiger partial charge in [0, 0.05) is 63.9 Å². The van der Waals surface area contributed by atoms with Crippen LogP contribution in [-0.4, -0.2) is 59.0 Å². The maximum Gasteiger partial charge on any atom is 0.223 e. The second-order valence-corrected chi connectivity index (χ2v) is 9.95. The third kappa shape index (κ3) is 7.64. The zero-order chi connectivity index (χ0) is 26.0. The molecule has 0 saturated heterocycles. The third-order valence-corrected chi connectivity index (χ3v) is 7.01. The number of carbonyl (C=O) groups is 1. The van der Waals surface area contributed by atoms with Gasteiger partial charge in [-0.05, 0) is 30.7 Å². The summed E-state index contributed by atoms with van der Waals surface area (Å²) in [6, 6.07) is 29.8. The molecule has 192 valence electrons. The van der Waals surface area contributed by atoms with E-state index in [-0.39, 0.29) is 11.8 Å². The van der Waals surface area contributed by atoms with Crippen LogP contribution in [0, 0.1) is 6.92 Å². The number of amides is 1. The number of likely N-dealkylation sites (N-methyl/N-ethyl adjacent to an activating group) is 2. The lowest BCUT2D eigenvalue weighted by Crippen LogP contribution is -2.33. The number of nitrogens with zero attached hydrogens (tertiary/aromatic N) is 4. The monoisotopic (exact) mass is 494 g/mol. The first kappa shape index (κ1) is 26.4. The van der Waals surface area contributed by atoms with Gasteiger partial charge in [0.15, 0.2) is 0 Å². The van der Waals surface area contributed by atoms with Crippen molar-refractivity contribution in [3.05, 3.63) is 125 Å². The summed E-state index contributed by atoms with van der Waals surface area (Å²) in [6.07, 6.45) is 5.08. The quantitative estimate of drug-likeness (QED) is 0.265. The van der Waals surface area contributed by atoms with E-state index in [0.29, 0.717) is 13.0 Å². The molecule has 0 aliphatic carbocycles. The van der Waals surface area contributed by atoms with E-state index in [1.807, 2.05) is 24.5 Å². The summed E-state index contributed by atoms with van der Waals surface area (Å²) in [7, 11) is 4.01. The molecule has 0 spiro atoms. The molecule has 0 bridgehead atoms. The number of aryl methyl sites for hydroxylation is 1. The summed E-state index contributed by atoms with van der Waals surface area (Å²) in [6.45, 7) is 5.16. The molecule has 4 aromatic rings. The van der Waals surface area contributed by atoms with Crippen molar-refractivity contribution in [1.29, 1.82) is 0 Å². The first-order valence-electron chi connectivity index (χ1n) is 13.1. The molecule has 0 fully saturated rings. The number of imidazole rings is 1. The van der Waals surface area contributed by atoms with Crippen LogP contribution >= 0.6 is 0 Å². The fraction of sp³-hybridized carbons (Fsp3) is 0.312. The predicted octanol–water partition coefficient (Wildman–Crippen LogP) is 5.39. The predicted molar refractivity (Wildman–Crippen MR) is 151 cm³/mol. The van der Waals surface area contributed by atoms with E-state index in [0.717, 1.165) is 31.7 Å². The molecule has 0 unspecified atom stereocenters. The van der Waals surface area contributed by atoms with E-state index < -0.39 is 0 Å². The smallest absolute Gasteiger partial charge is 0.223 e. The van der Waals surface area contributed by atoms with Crippen molar-refractivity contribution in [2.45, 2.75) is 32.2 Å². The van der Waals surface area contributed by atoms with Crippen LogP contribution in [0.25, 0.3) is 0 Å². The topological polar surface area (TPSA) is 41.4 Å². The maximum absolute atomic E-state index is 12.9. The molecule has 4 rings (SSSR count). The number of aromatic nitrogens is 2. The van der Waals surface area contributed by atoms with Crippen LogP contribution in [0.15, 0.2) is 97.5 Å². The highest BCUT2D eigenvalue weighted by Crippen LogP contribution is 2.25. The van der Waals surface area contributed by atoms with Crippen molar-refractivity contribution in [3.8, 4) is 0 Å². The summed E-state index contributed by atoms with van der Waals surface area (Å²) >= 11 is 0. The van der Waals surface area contributed by atoms with Gasteiger partial charge in [-0.25, -0.2) is 4.98 Å². The molecule has 0 atom stereocenters. The Hall–Kier alpha value is -3.70. The van der Waals surface area contributed by atoms with Gasteiger partial charge in [-0.3, -0.25) is 4.79 Å². The fourth-order valence-corrected chi connectivity index (χ4v) is 4.65. The molecule has 0 N–H and O–H groups in total. The van der Waals surface area contributed by atoms with Gasteiger partial charge in [0.1, 0.15) is 0 Å². The summed E-state index contributed by atoms with van der Waals surface area (Å²) in [5.74, 6) is 0.446. The first-order chi connectivity index (χ1) is 18.0. The van der Waals surface area contributed by atoms with Crippen molar-refractivity contribution >= 4 is 5.91 Å². The average molecular weight is 495 g/mol. The van der Waals surface area contributed by atoms with E-state index in [2.05, 4.69) is 113 Å². The average Bonchev–Trinajstić information content (AvgIpc) is 3.38. The second kappa shape index (κ2) is 13.0. The van der Waals surface area contributed by atoms with Crippen molar-refractivity contribution in [2.24, 2.45) is 0 Å². The summed E-state index contributed by atoms with van der Waals surface area (Å²) in [5.41, 5.74) is 6.25. The van der Waals surface area contributed by atoms with Crippen LogP contribution in [0.2, 0.25) is 0 Å². The first-order valence-corrected chi connectivity index (χ1v) is 13.1. The molecule has 0 saturated carbocycles. The molecule has 1 heterocycles. The molecule has 0 aliphatic heterocycles. The standard InChI is InChI=1S/C32H38N4O/c1-26-14-16-27(17-15-26)23-36-25-33-22-30(36)18-21-35(3)32(37)19-20-34(2)24-31(28-10-6-4-7-11-28)29-12-8-5-9-13-29/h4-17,22,25,31H,18-21,23-24H2,1-3H3. The lowest BCUT2D eigenvalue weighted by molar-refractivity contribution is -0.130. The van der Waals surface area contributed by atoms with Crippen LogP contribution in [0.3, 0.4) is 0 Å². The number of benzene rings is 3. The van der Waals surface area contributed by atoms with E-state index in [1.165, 1.54) is 22.3 Å². The van der Waals surface area contributed by atoms with E-state index in [1.54, 1.807) is 0 Å². The zero-order valence-electron chi connectivity index (χ0n) is 22.3. The van der Waals surface area contributed by atoms with E-state index in [9.17, 15) is 4.79 Å².